The number of carbonyl (C=O) groups excluding carboxylic acids is 1. The van der Waals surface area contributed by atoms with Gasteiger partial charge in [0.2, 0.25) is 5.91 Å². The lowest BCUT2D eigenvalue weighted by atomic mass is 10.0. The number of nitrogens with two attached hydrogens (primary N) is 1. The Balaban J connectivity index is 2.46. The van der Waals surface area contributed by atoms with Gasteiger partial charge < -0.3 is 11.1 Å². The molecule has 0 spiro atoms. The predicted molar refractivity (Wildman–Crippen MR) is 75.1 cm³/mol. The SMILES string of the molecule is CCC(NC(=O)CCC(C)CN)c1ccccc1. The molecule has 1 aromatic rings. The van der Waals surface area contributed by atoms with E-state index in [0.29, 0.717) is 18.9 Å². The maximum atomic E-state index is 11.9. The molecule has 3 N–H and O–H groups in total. The Morgan fingerprint density at radius 2 is 2.00 bits per heavy atom. The molecule has 0 fully saturated rings. The van der Waals surface area contributed by atoms with Gasteiger partial charge in [-0.2, -0.15) is 0 Å². The predicted octanol–water partition coefficient (Wildman–Crippen LogP) is 2.63. The zero-order valence-corrected chi connectivity index (χ0v) is 11.4. The van der Waals surface area contributed by atoms with Crippen molar-refractivity contribution in [2.24, 2.45) is 11.7 Å². The average molecular weight is 248 g/mol. The van der Waals surface area contributed by atoms with Crippen molar-refractivity contribution in [1.82, 2.24) is 5.32 Å². The molecule has 0 aromatic heterocycles. The fraction of sp³-hybridized carbons (Fsp3) is 0.533. The van der Waals surface area contributed by atoms with E-state index in [1.807, 2.05) is 18.2 Å². The minimum Gasteiger partial charge on any atom is -0.349 e. The maximum absolute atomic E-state index is 11.9. The van der Waals surface area contributed by atoms with Crippen molar-refractivity contribution in [3.8, 4) is 0 Å². The second kappa shape index (κ2) is 7.88. The molecule has 0 bridgehead atoms. The van der Waals surface area contributed by atoms with Crippen molar-refractivity contribution >= 4 is 5.91 Å². The first kappa shape index (κ1) is 14.7. The van der Waals surface area contributed by atoms with E-state index < -0.39 is 0 Å². The Labute approximate surface area is 110 Å². The smallest absolute Gasteiger partial charge is 0.220 e. The molecule has 2 atom stereocenters. The molecule has 3 heteroatoms. The molecule has 2 unspecified atom stereocenters. The molecular weight excluding hydrogens is 224 g/mol. The number of amides is 1. The third-order valence-corrected chi connectivity index (χ3v) is 3.21. The number of hydrogen-bond acceptors (Lipinski definition) is 2. The van der Waals surface area contributed by atoms with Crippen LogP contribution in [0.3, 0.4) is 0 Å². The van der Waals surface area contributed by atoms with E-state index in [1.165, 1.54) is 5.56 Å². The van der Waals surface area contributed by atoms with Crippen LogP contribution in [0, 0.1) is 5.92 Å². The zero-order valence-electron chi connectivity index (χ0n) is 11.4. The molecule has 0 radical (unpaired) electrons. The summed E-state index contributed by atoms with van der Waals surface area (Å²) in [5, 5.41) is 3.08. The highest BCUT2D eigenvalue weighted by Crippen LogP contribution is 2.16. The van der Waals surface area contributed by atoms with E-state index in [4.69, 9.17) is 5.73 Å². The summed E-state index contributed by atoms with van der Waals surface area (Å²) in [4.78, 5) is 11.9. The number of nitrogens with one attached hydrogen (secondary N) is 1. The minimum absolute atomic E-state index is 0.117. The quantitative estimate of drug-likeness (QED) is 0.779. The summed E-state index contributed by atoms with van der Waals surface area (Å²) in [7, 11) is 0. The van der Waals surface area contributed by atoms with Crippen LogP contribution >= 0.6 is 0 Å². The Kier molecular flexibility index (Phi) is 6.44. The summed E-state index contributed by atoms with van der Waals surface area (Å²) in [6, 6.07) is 10.2. The molecule has 0 aliphatic carbocycles. The molecule has 100 valence electrons. The normalized spacial score (nSPS) is 13.9. The van der Waals surface area contributed by atoms with Gasteiger partial charge in [-0.25, -0.2) is 0 Å². The fourth-order valence-electron chi connectivity index (χ4n) is 1.87. The monoisotopic (exact) mass is 248 g/mol. The average Bonchev–Trinajstić information content (AvgIpc) is 2.43. The number of carbonyl (C=O) groups is 1. The topological polar surface area (TPSA) is 55.1 Å². The summed E-state index contributed by atoms with van der Waals surface area (Å²) >= 11 is 0. The molecular formula is C15H24N2O. The summed E-state index contributed by atoms with van der Waals surface area (Å²) in [5.74, 6) is 0.526. The molecule has 0 aliphatic heterocycles. The van der Waals surface area contributed by atoms with Gasteiger partial charge in [-0.15, -0.1) is 0 Å². The van der Waals surface area contributed by atoms with Crippen LogP contribution in [0.2, 0.25) is 0 Å². The van der Waals surface area contributed by atoms with Crippen LogP contribution in [0.1, 0.15) is 44.7 Å². The lowest BCUT2D eigenvalue weighted by molar-refractivity contribution is -0.122. The summed E-state index contributed by atoms with van der Waals surface area (Å²) in [6.45, 7) is 4.80. The maximum Gasteiger partial charge on any atom is 0.220 e. The molecule has 1 amide bonds. The van der Waals surface area contributed by atoms with Crippen molar-refractivity contribution in [3.05, 3.63) is 35.9 Å². The van der Waals surface area contributed by atoms with Crippen LogP contribution in [0.5, 0.6) is 0 Å². The number of hydrogen-bond donors (Lipinski definition) is 2. The summed E-state index contributed by atoms with van der Waals surface area (Å²) < 4.78 is 0. The standard InChI is InChI=1S/C15H24N2O/c1-3-14(13-7-5-4-6-8-13)17-15(18)10-9-12(2)11-16/h4-8,12,14H,3,9-11,16H2,1-2H3,(H,17,18). The third-order valence-electron chi connectivity index (χ3n) is 3.21. The molecule has 0 saturated heterocycles. The van der Waals surface area contributed by atoms with Crippen LogP contribution in [0.15, 0.2) is 30.3 Å². The second-order valence-electron chi connectivity index (χ2n) is 4.82. The van der Waals surface area contributed by atoms with Crippen LogP contribution in [0.25, 0.3) is 0 Å². The molecule has 0 heterocycles. The van der Waals surface area contributed by atoms with E-state index in [0.717, 1.165) is 12.8 Å². The number of benzene rings is 1. The highest BCUT2D eigenvalue weighted by atomic mass is 16.1. The second-order valence-corrected chi connectivity index (χ2v) is 4.82. The van der Waals surface area contributed by atoms with Gasteiger partial charge in [-0.3, -0.25) is 4.79 Å². The lowest BCUT2D eigenvalue weighted by Gasteiger charge is -2.18. The van der Waals surface area contributed by atoms with Gasteiger partial charge in [0.1, 0.15) is 0 Å². The van der Waals surface area contributed by atoms with Crippen molar-refractivity contribution in [1.29, 1.82) is 0 Å². The van der Waals surface area contributed by atoms with Gasteiger partial charge in [0.15, 0.2) is 0 Å². The first-order valence-corrected chi connectivity index (χ1v) is 6.71. The van der Waals surface area contributed by atoms with Crippen molar-refractivity contribution < 1.29 is 4.79 Å². The van der Waals surface area contributed by atoms with E-state index in [2.05, 4.69) is 31.3 Å². The zero-order chi connectivity index (χ0) is 13.4. The molecule has 3 nitrogen and oxygen atoms in total. The Bertz CT molecular complexity index is 351. The van der Waals surface area contributed by atoms with E-state index >= 15 is 0 Å². The van der Waals surface area contributed by atoms with Gasteiger partial charge in [-0.05, 0) is 30.9 Å². The van der Waals surface area contributed by atoms with Crippen molar-refractivity contribution in [2.75, 3.05) is 6.54 Å². The Morgan fingerprint density at radius 3 is 2.56 bits per heavy atom. The molecule has 1 rings (SSSR count). The molecule has 0 aliphatic rings. The van der Waals surface area contributed by atoms with Crippen LogP contribution in [-0.4, -0.2) is 12.5 Å². The van der Waals surface area contributed by atoms with Gasteiger partial charge in [0, 0.05) is 6.42 Å². The Morgan fingerprint density at radius 1 is 1.33 bits per heavy atom. The Hall–Kier alpha value is -1.35. The molecule has 1 aromatic carbocycles. The minimum atomic E-state index is 0.117. The highest BCUT2D eigenvalue weighted by Gasteiger charge is 2.12. The molecule has 0 saturated carbocycles. The van der Waals surface area contributed by atoms with Crippen LogP contribution in [0.4, 0.5) is 0 Å². The van der Waals surface area contributed by atoms with Gasteiger partial charge in [-0.1, -0.05) is 44.2 Å². The first-order chi connectivity index (χ1) is 8.67. The lowest BCUT2D eigenvalue weighted by Crippen LogP contribution is -2.28. The van der Waals surface area contributed by atoms with Crippen molar-refractivity contribution in [3.63, 3.8) is 0 Å². The highest BCUT2D eigenvalue weighted by molar-refractivity contribution is 5.76. The molecule has 18 heavy (non-hydrogen) atoms. The summed E-state index contributed by atoms with van der Waals surface area (Å²) in [6.07, 6.45) is 2.32. The fourth-order valence-corrected chi connectivity index (χ4v) is 1.87. The number of rotatable bonds is 7. The summed E-state index contributed by atoms with van der Waals surface area (Å²) in [5.41, 5.74) is 6.71. The van der Waals surface area contributed by atoms with Crippen LogP contribution < -0.4 is 11.1 Å². The van der Waals surface area contributed by atoms with Crippen molar-refractivity contribution in [2.45, 2.75) is 39.2 Å². The first-order valence-electron chi connectivity index (χ1n) is 6.71. The van der Waals surface area contributed by atoms with Gasteiger partial charge in [0.05, 0.1) is 6.04 Å². The van der Waals surface area contributed by atoms with Gasteiger partial charge >= 0.3 is 0 Å². The van der Waals surface area contributed by atoms with Gasteiger partial charge in [0.25, 0.3) is 0 Å². The van der Waals surface area contributed by atoms with E-state index in [9.17, 15) is 4.79 Å². The van der Waals surface area contributed by atoms with E-state index in [1.54, 1.807) is 0 Å². The van der Waals surface area contributed by atoms with Crippen LogP contribution in [-0.2, 0) is 4.79 Å². The largest absolute Gasteiger partial charge is 0.349 e. The third kappa shape index (κ3) is 4.88. The van der Waals surface area contributed by atoms with E-state index in [-0.39, 0.29) is 11.9 Å².